The lowest BCUT2D eigenvalue weighted by atomic mass is 10.2. The van der Waals surface area contributed by atoms with Gasteiger partial charge >= 0.3 is 0 Å². The molecular weight excluding hydrogens is 142 g/mol. The average Bonchev–Trinajstić information content (AvgIpc) is 2.03. The van der Waals surface area contributed by atoms with Crippen molar-refractivity contribution in [2.24, 2.45) is 0 Å². The molecule has 3 nitrogen and oxygen atoms in total. The number of hydrogen-bond donors (Lipinski definition) is 1. The molecule has 0 fully saturated rings. The Labute approximate surface area is 69.1 Å². The maximum atomic E-state index is 5.14. The summed E-state index contributed by atoms with van der Waals surface area (Å²) in [5.41, 5.74) is 0. The van der Waals surface area contributed by atoms with E-state index in [1.807, 2.05) is 6.92 Å². The smallest absolute Gasteiger partial charge is 0.0693 e. The fourth-order valence-corrected chi connectivity index (χ4v) is 0.759. The monoisotopic (exact) mass is 161 g/mol. The second kappa shape index (κ2) is 6.58. The Kier molecular flexibility index (Phi) is 6.51. The molecule has 0 saturated carbocycles. The van der Waals surface area contributed by atoms with Crippen LogP contribution in [0.4, 0.5) is 0 Å². The van der Waals surface area contributed by atoms with Gasteiger partial charge in [-0.25, -0.2) is 0 Å². The topological polar surface area (TPSA) is 30.5 Å². The molecule has 11 heavy (non-hydrogen) atoms. The van der Waals surface area contributed by atoms with Crippen molar-refractivity contribution < 1.29 is 9.47 Å². The summed E-state index contributed by atoms with van der Waals surface area (Å²) in [6.45, 7) is 5.78. The van der Waals surface area contributed by atoms with Crippen LogP contribution in [0.15, 0.2) is 0 Å². The van der Waals surface area contributed by atoms with E-state index in [9.17, 15) is 0 Å². The predicted octanol–water partition coefficient (Wildman–Crippen LogP) is 0.646. The predicted molar refractivity (Wildman–Crippen MR) is 45.8 cm³/mol. The molecule has 0 aliphatic rings. The summed E-state index contributed by atoms with van der Waals surface area (Å²) in [6, 6.07) is 0.384. The van der Waals surface area contributed by atoms with Crippen molar-refractivity contribution in [3.05, 3.63) is 0 Å². The van der Waals surface area contributed by atoms with Gasteiger partial charge in [-0.1, -0.05) is 0 Å². The highest BCUT2D eigenvalue weighted by Gasteiger charge is 2.08. The number of nitrogens with one attached hydrogen (secondary N) is 1. The third kappa shape index (κ3) is 5.18. The maximum absolute atomic E-state index is 5.14. The van der Waals surface area contributed by atoms with Crippen molar-refractivity contribution in [2.75, 3.05) is 27.4 Å². The van der Waals surface area contributed by atoms with Crippen molar-refractivity contribution in [1.82, 2.24) is 5.32 Å². The minimum atomic E-state index is 0.256. The zero-order chi connectivity index (χ0) is 8.69. The maximum Gasteiger partial charge on any atom is 0.0693 e. The fourth-order valence-electron chi connectivity index (χ4n) is 0.759. The van der Waals surface area contributed by atoms with Crippen LogP contribution in [0, 0.1) is 0 Å². The van der Waals surface area contributed by atoms with Gasteiger partial charge in [-0.05, 0) is 13.8 Å². The second-order valence-electron chi connectivity index (χ2n) is 2.68. The van der Waals surface area contributed by atoms with Crippen LogP contribution in [0.1, 0.15) is 13.8 Å². The van der Waals surface area contributed by atoms with Gasteiger partial charge in [-0.3, -0.25) is 0 Å². The minimum absolute atomic E-state index is 0.256. The normalized spacial score (nSPS) is 16.4. The van der Waals surface area contributed by atoms with E-state index in [1.165, 1.54) is 0 Å². The molecule has 0 rings (SSSR count). The van der Waals surface area contributed by atoms with Gasteiger partial charge in [0, 0.05) is 26.8 Å². The van der Waals surface area contributed by atoms with E-state index in [0.29, 0.717) is 6.04 Å². The highest BCUT2D eigenvalue weighted by Crippen LogP contribution is 1.94. The molecule has 0 amide bonds. The zero-order valence-corrected chi connectivity index (χ0v) is 7.89. The molecule has 0 aromatic rings. The van der Waals surface area contributed by atoms with Crippen molar-refractivity contribution in [2.45, 2.75) is 26.0 Å². The first-order valence-electron chi connectivity index (χ1n) is 3.97. The fraction of sp³-hybridized carbons (Fsp3) is 1.00. The summed E-state index contributed by atoms with van der Waals surface area (Å²) in [7, 11) is 3.42. The van der Waals surface area contributed by atoms with Gasteiger partial charge in [-0.2, -0.15) is 0 Å². The molecular formula is C8H19NO2. The van der Waals surface area contributed by atoms with Crippen LogP contribution < -0.4 is 5.32 Å². The summed E-state index contributed by atoms with van der Waals surface area (Å²) in [5, 5.41) is 3.28. The van der Waals surface area contributed by atoms with Crippen LogP contribution >= 0.6 is 0 Å². The van der Waals surface area contributed by atoms with Crippen molar-refractivity contribution in [1.29, 1.82) is 0 Å². The third-order valence-corrected chi connectivity index (χ3v) is 1.85. The van der Waals surface area contributed by atoms with Gasteiger partial charge in [0.1, 0.15) is 0 Å². The molecule has 0 aromatic carbocycles. The van der Waals surface area contributed by atoms with Crippen LogP contribution in [0.2, 0.25) is 0 Å². The minimum Gasteiger partial charge on any atom is -0.383 e. The molecule has 2 unspecified atom stereocenters. The van der Waals surface area contributed by atoms with Gasteiger partial charge < -0.3 is 14.8 Å². The number of rotatable bonds is 6. The van der Waals surface area contributed by atoms with Crippen LogP contribution in [-0.4, -0.2) is 39.5 Å². The molecule has 0 spiro atoms. The summed E-state index contributed by atoms with van der Waals surface area (Å²) in [5.74, 6) is 0. The largest absolute Gasteiger partial charge is 0.383 e. The molecule has 0 heterocycles. The molecule has 0 aliphatic carbocycles. The first-order chi connectivity index (χ1) is 5.22. The third-order valence-electron chi connectivity index (χ3n) is 1.85. The lowest BCUT2D eigenvalue weighted by Crippen LogP contribution is -2.38. The number of hydrogen-bond acceptors (Lipinski definition) is 3. The Balaban J connectivity index is 3.28. The molecule has 0 aliphatic heterocycles. The molecule has 0 bridgehead atoms. The average molecular weight is 161 g/mol. The first kappa shape index (κ1) is 10.9. The highest BCUT2D eigenvalue weighted by atomic mass is 16.5. The van der Waals surface area contributed by atoms with E-state index in [4.69, 9.17) is 9.47 Å². The van der Waals surface area contributed by atoms with E-state index >= 15 is 0 Å². The molecule has 68 valence electrons. The van der Waals surface area contributed by atoms with E-state index in [0.717, 1.165) is 13.2 Å². The molecule has 0 radical (unpaired) electrons. The Morgan fingerprint density at radius 2 is 1.91 bits per heavy atom. The number of methoxy groups -OCH3 is 2. The van der Waals surface area contributed by atoms with Crippen LogP contribution in [0.5, 0.6) is 0 Å². The summed E-state index contributed by atoms with van der Waals surface area (Å²) >= 11 is 0. The lowest BCUT2D eigenvalue weighted by Gasteiger charge is -2.19. The van der Waals surface area contributed by atoms with Crippen molar-refractivity contribution in [3.8, 4) is 0 Å². The lowest BCUT2D eigenvalue weighted by molar-refractivity contribution is 0.0850. The van der Waals surface area contributed by atoms with E-state index in [1.54, 1.807) is 14.2 Å². The van der Waals surface area contributed by atoms with Crippen LogP contribution in [0.3, 0.4) is 0 Å². The molecule has 3 heteroatoms. The van der Waals surface area contributed by atoms with Gasteiger partial charge in [0.15, 0.2) is 0 Å². The van der Waals surface area contributed by atoms with Crippen molar-refractivity contribution >= 4 is 0 Å². The van der Waals surface area contributed by atoms with Gasteiger partial charge in [0.05, 0.1) is 12.7 Å². The Morgan fingerprint density at radius 3 is 2.36 bits per heavy atom. The SMILES string of the molecule is COCCNC(C)C(C)OC. The summed E-state index contributed by atoms with van der Waals surface area (Å²) in [4.78, 5) is 0. The zero-order valence-electron chi connectivity index (χ0n) is 7.89. The Morgan fingerprint density at radius 1 is 1.27 bits per heavy atom. The van der Waals surface area contributed by atoms with Crippen LogP contribution in [0.25, 0.3) is 0 Å². The molecule has 0 aromatic heterocycles. The Hall–Kier alpha value is -0.120. The summed E-state index contributed by atoms with van der Waals surface area (Å²) in [6.07, 6.45) is 0.256. The second-order valence-corrected chi connectivity index (χ2v) is 2.68. The summed E-state index contributed by atoms with van der Waals surface area (Å²) < 4.78 is 10.0. The number of ether oxygens (including phenoxy) is 2. The van der Waals surface area contributed by atoms with Gasteiger partial charge in [0.2, 0.25) is 0 Å². The van der Waals surface area contributed by atoms with Gasteiger partial charge in [-0.15, -0.1) is 0 Å². The Bertz CT molecular complexity index is 88.2. The van der Waals surface area contributed by atoms with Crippen molar-refractivity contribution in [3.63, 3.8) is 0 Å². The quantitative estimate of drug-likeness (QED) is 0.580. The first-order valence-corrected chi connectivity index (χ1v) is 3.97. The molecule has 2 atom stereocenters. The molecule has 1 N–H and O–H groups in total. The highest BCUT2D eigenvalue weighted by molar-refractivity contribution is 4.66. The van der Waals surface area contributed by atoms with E-state index < -0.39 is 0 Å². The van der Waals surface area contributed by atoms with E-state index in [-0.39, 0.29) is 6.10 Å². The van der Waals surface area contributed by atoms with E-state index in [2.05, 4.69) is 12.2 Å². The van der Waals surface area contributed by atoms with Gasteiger partial charge in [0.25, 0.3) is 0 Å². The standard InChI is InChI=1S/C8H19NO2/c1-7(8(2)11-4)9-5-6-10-3/h7-9H,5-6H2,1-4H3. The van der Waals surface area contributed by atoms with Crippen LogP contribution in [-0.2, 0) is 9.47 Å². The molecule has 0 saturated heterocycles.